The SMILES string of the molecule is COCCOc1ccc2c(c1)c(N=C=O)cn2C(N)=O. The lowest BCUT2D eigenvalue weighted by molar-refractivity contribution is 0.146. The van der Waals surface area contributed by atoms with E-state index in [2.05, 4.69) is 4.99 Å². The molecule has 0 unspecified atom stereocenters. The van der Waals surface area contributed by atoms with Gasteiger partial charge in [0.05, 0.1) is 12.1 Å². The molecular weight excluding hydrogens is 262 g/mol. The minimum absolute atomic E-state index is 0.311. The number of carbonyl (C=O) groups is 1. The zero-order valence-electron chi connectivity index (χ0n) is 10.8. The Morgan fingerprint density at radius 1 is 1.45 bits per heavy atom. The summed E-state index contributed by atoms with van der Waals surface area (Å²) in [6.45, 7) is 0.852. The van der Waals surface area contributed by atoms with Gasteiger partial charge in [0.1, 0.15) is 18.0 Å². The Bertz CT molecular complexity index is 686. The van der Waals surface area contributed by atoms with Gasteiger partial charge in [0.2, 0.25) is 6.08 Å². The second kappa shape index (κ2) is 6.01. The number of methoxy groups -OCH3 is 1. The fourth-order valence-corrected chi connectivity index (χ4v) is 1.84. The van der Waals surface area contributed by atoms with Gasteiger partial charge in [-0.2, -0.15) is 4.99 Å². The topological polar surface area (TPSA) is 95.9 Å². The van der Waals surface area contributed by atoms with Crippen LogP contribution in [-0.2, 0) is 9.53 Å². The monoisotopic (exact) mass is 275 g/mol. The molecule has 7 nitrogen and oxygen atoms in total. The molecule has 2 rings (SSSR count). The van der Waals surface area contributed by atoms with E-state index in [0.29, 0.717) is 35.6 Å². The molecule has 1 aromatic carbocycles. The molecule has 1 aromatic heterocycles. The minimum Gasteiger partial charge on any atom is -0.491 e. The molecule has 1 heterocycles. The van der Waals surface area contributed by atoms with Crippen LogP contribution in [0.15, 0.2) is 29.4 Å². The molecule has 0 saturated carbocycles. The van der Waals surface area contributed by atoms with Gasteiger partial charge in [-0.3, -0.25) is 4.57 Å². The predicted molar refractivity (Wildman–Crippen MR) is 72.1 cm³/mol. The quantitative estimate of drug-likeness (QED) is 0.508. The van der Waals surface area contributed by atoms with E-state index in [1.54, 1.807) is 25.3 Å². The summed E-state index contributed by atoms with van der Waals surface area (Å²) in [7, 11) is 1.58. The molecule has 0 saturated heterocycles. The zero-order valence-corrected chi connectivity index (χ0v) is 10.8. The maximum absolute atomic E-state index is 11.3. The van der Waals surface area contributed by atoms with Crippen LogP contribution in [-0.4, -0.2) is 37.0 Å². The molecule has 104 valence electrons. The lowest BCUT2D eigenvalue weighted by Gasteiger charge is -2.06. The maximum Gasteiger partial charge on any atom is 0.323 e. The second-order valence-corrected chi connectivity index (χ2v) is 3.95. The van der Waals surface area contributed by atoms with E-state index in [1.165, 1.54) is 16.8 Å². The van der Waals surface area contributed by atoms with E-state index in [4.69, 9.17) is 15.2 Å². The first-order valence-corrected chi connectivity index (χ1v) is 5.82. The van der Waals surface area contributed by atoms with Crippen LogP contribution in [0.25, 0.3) is 10.9 Å². The highest BCUT2D eigenvalue weighted by Crippen LogP contribution is 2.31. The van der Waals surface area contributed by atoms with Gasteiger partial charge in [-0.05, 0) is 18.2 Å². The van der Waals surface area contributed by atoms with Crippen LogP contribution in [0.1, 0.15) is 0 Å². The summed E-state index contributed by atoms with van der Waals surface area (Å²) in [6, 6.07) is 4.40. The van der Waals surface area contributed by atoms with E-state index >= 15 is 0 Å². The number of hydrogen-bond acceptors (Lipinski definition) is 5. The van der Waals surface area contributed by atoms with Crippen molar-refractivity contribution in [3.8, 4) is 5.75 Å². The number of amides is 1. The Labute approximate surface area is 114 Å². The fourth-order valence-electron chi connectivity index (χ4n) is 1.84. The Morgan fingerprint density at radius 2 is 2.25 bits per heavy atom. The lowest BCUT2D eigenvalue weighted by Crippen LogP contribution is -2.18. The number of primary amides is 1. The van der Waals surface area contributed by atoms with Gasteiger partial charge in [0, 0.05) is 18.7 Å². The molecule has 0 spiro atoms. The van der Waals surface area contributed by atoms with E-state index in [1.807, 2.05) is 0 Å². The number of nitrogens with two attached hydrogens (primary N) is 1. The van der Waals surface area contributed by atoms with E-state index in [9.17, 15) is 9.59 Å². The Morgan fingerprint density at radius 3 is 2.90 bits per heavy atom. The highest BCUT2D eigenvalue weighted by atomic mass is 16.5. The van der Waals surface area contributed by atoms with Crippen molar-refractivity contribution in [1.29, 1.82) is 0 Å². The summed E-state index contributed by atoms with van der Waals surface area (Å²) in [5, 5.41) is 0.585. The number of carbonyl (C=O) groups excluding carboxylic acids is 2. The summed E-state index contributed by atoms with van der Waals surface area (Å²) in [5.41, 5.74) is 6.12. The van der Waals surface area contributed by atoms with Crippen LogP contribution < -0.4 is 10.5 Å². The number of benzene rings is 1. The Kier molecular flexibility index (Phi) is 4.14. The normalized spacial score (nSPS) is 10.2. The molecule has 20 heavy (non-hydrogen) atoms. The van der Waals surface area contributed by atoms with Crippen LogP contribution in [0.5, 0.6) is 5.75 Å². The number of hydrogen-bond donors (Lipinski definition) is 1. The van der Waals surface area contributed by atoms with Crippen LogP contribution in [0.2, 0.25) is 0 Å². The molecule has 2 aromatic rings. The Hall–Kier alpha value is -2.63. The number of isocyanates is 1. The van der Waals surface area contributed by atoms with Gasteiger partial charge in [-0.25, -0.2) is 9.59 Å². The highest BCUT2D eigenvalue weighted by Gasteiger charge is 2.12. The van der Waals surface area contributed by atoms with Gasteiger partial charge in [-0.1, -0.05) is 0 Å². The third kappa shape index (κ3) is 2.69. The average molecular weight is 275 g/mol. The summed E-state index contributed by atoms with van der Waals surface area (Å²) >= 11 is 0. The molecule has 7 heteroatoms. The lowest BCUT2D eigenvalue weighted by atomic mass is 10.2. The Balaban J connectivity index is 2.46. The first-order chi connectivity index (χ1) is 9.67. The molecule has 0 aliphatic carbocycles. The largest absolute Gasteiger partial charge is 0.491 e. The maximum atomic E-state index is 11.3. The summed E-state index contributed by atoms with van der Waals surface area (Å²) in [6.07, 6.45) is 2.83. The molecule has 0 atom stereocenters. The van der Waals surface area contributed by atoms with E-state index < -0.39 is 6.03 Å². The standard InChI is InChI=1S/C13H13N3O4/c1-19-4-5-20-9-2-3-12-10(6-9)11(15-8-17)7-16(12)13(14)18/h2-3,6-7H,4-5H2,1H3,(H2,14,18). The molecule has 1 amide bonds. The molecule has 2 N–H and O–H groups in total. The van der Waals surface area contributed by atoms with Crippen molar-refractivity contribution >= 4 is 28.7 Å². The summed E-state index contributed by atoms with van der Waals surface area (Å²) < 4.78 is 11.6. The van der Waals surface area contributed by atoms with Gasteiger partial charge in [0.25, 0.3) is 0 Å². The van der Waals surface area contributed by atoms with Crippen LogP contribution in [0, 0.1) is 0 Å². The number of rotatable bonds is 5. The molecule has 0 fully saturated rings. The predicted octanol–water partition coefficient (Wildman–Crippen LogP) is 1.56. The highest BCUT2D eigenvalue weighted by molar-refractivity contribution is 5.99. The first kappa shape index (κ1) is 13.8. The van der Waals surface area contributed by atoms with Gasteiger partial charge in [-0.15, -0.1) is 0 Å². The molecule has 0 bridgehead atoms. The molecular formula is C13H13N3O4. The number of nitrogens with zero attached hydrogens (tertiary/aromatic N) is 2. The first-order valence-electron chi connectivity index (χ1n) is 5.82. The van der Waals surface area contributed by atoms with Gasteiger partial charge < -0.3 is 15.2 Å². The van der Waals surface area contributed by atoms with Gasteiger partial charge >= 0.3 is 6.03 Å². The number of aromatic nitrogens is 1. The molecule has 0 radical (unpaired) electrons. The van der Waals surface area contributed by atoms with Crippen molar-refractivity contribution < 1.29 is 19.1 Å². The van der Waals surface area contributed by atoms with Crippen molar-refractivity contribution in [2.75, 3.05) is 20.3 Å². The second-order valence-electron chi connectivity index (χ2n) is 3.95. The number of ether oxygens (including phenoxy) is 2. The third-order valence-electron chi connectivity index (χ3n) is 2.71. The average Bonchev–Trinajstić information content (AvgIpc) is 2.78. The van der Waals surface area contributed by atoms with Crippen molar-refractivity contribution in [2.24, 2.45) is 10.7 Å². The minimum atomic E-state index is -0.657. The number of fused-ring (bicyclic) bond motifs is 1. The third-order valence-corrected chi connectivity index (χ3v) is 2.71. The zero-order chi connectivity index (χ0) is 14.5. The van der Waals surface area contributed by atoms with Gasteiger partial charge in [0.15, 0.2) is 0 Å². The van der Waals surface area contributed by atoms with Crippen LogP contribution in [0.3, 0.4) is 0 Å². The molecule has 0 aliphatic rings. The van der Waals surface area contributed by atoms with Crippen molar-refractivity contribution in [2.45, 2.75) is 0 Å². The summed E-state index contributed by atoms with van der Waals surface area (Å²) in [5.74, 6) is 0.583. The van der Waals surface area contributed by atoms with Crippen molar-refractivity contribution in [3.05, 3.63) is 24.4 Å². The van der Waals surface area contributed by atoms with Crippen LogP contribution >= 0.6 is 0 Å². The van der Waals surface area contributed by atoms with Crippen molar-refractivity contribution in [3.63, 3.8) is 0 Å². The van der Waals surface area contributed by atoms with Crippen molar-refractivity contribution in [1.82, 2.24) is 4.57 Å². The van der Waals surface area contributed by atoms with Crippen LogP contribution in [0.4, 0.5) is 10.5 Å². The number of aliphatic imine (C=N–C) groups is 1. The molecule has 0 aliphatic heterocycles. The smallest absolute Gasteiger partial charge is 0.323 e. The van der Waals surface area contributed by atoms with E-state index in [0.717, 1.165) is 0 Å². The summed E-state index contributed by atoms with van der Waals surface area (Å²) in [4.78, 5) is 25.3. The fraction of sp³-hybridized carbons (Fsp3) is 0.231. The van der Waals surface area contributed by atoms with E-state index in [-0.39, 0.29) is 0 Å².